The summed E-state index contributed by atoms with van der Waals surface area (Å²) in [5.41, 5.74) is 0.119. The molecule has 1 saturated heterocycles. The molecule has 0 saturated carbocycles. The molecule has 3 amide bonds. The summed E-state index contributed by atoms with van der Waals surface area (Å²) in [7, 11) is -0.505. The Morgan fingerprint density at radius 1 is 1.18 bits per heavy atom. The first-order valence-electron chi connectivity index (χ1n) is 9.30. The normalized spacial score (nSPS) is 23.6. The number of likely N-dealkylation sites (tertiary alicyclic amines) is 1. The minimum absolute atomic E-state index is 0.0946. The lowest BCUT2D eigenvalue weighted by molar-refractivity contribution is -0.120. The number of anilines is 1. The third kappa shape index (κ3) is 3.86. The molecule has 0 aliphatic carbocycles. The molecule has 28 heavy (non-hydrogen) atoms. The second-order valence-corrected chi connectivity index (χ2v) is 10.5. The number of carbonyl (C=O) groups is 2. The van der Waals surface area contributed by atoms with Crippen molar-refractivity contribution in [1.29, 1.82) is 0 Å². The largest absolute Gasteiger partial charge is 0.331 e. The van der Waals surface area contributed by atoms with E-state index in [4.69, 9.17) is 0 Å². The van der Waals surface area contributed by atoms with E-state index in [9.17, 15) is 18.0 Å². The molecule has 0 spiro atoms. The van der Waals surface area contributed by atoms with Crippen LogP contribution >= 0.6 is 0 Å². The fourth-order valence-corrected chi connectivity index (χ4v) is 5.24. The smallest absolute Gasteiger partial charge is 0.319 e. The third-order valence-corrected chi connectivity index (χ3v) is 6.48. The maximum absolute atomic E-state index is 13.3. The quantitative estimate of drug-likeness (QED) is 0.762. The number of nitrogens with one attached hydrogen (secondary N) is 1. The number of para-hydroxylation sites is 1. The van der Waals surface area contributed by atoms with Gasteiger partial charge in [-0.15, -0.1) is 0 Å². The molecule has 1 fully saturated rings. The van der Waals surface area contributed by atoms with Crippen molar-refractivity contribution in [3.63, 3.8) is 0 Å². The lowest BCUT2D eigenvalue weighted by atomic mass is 9.91. The van der Waals surface area contributed by atoms with Crippen LogP contribution in [0.3, 0.4) is 0 Å². The van der Waals surface area contributed by atoms with Crippen LogP contribution in [0, 0.1) is 5.41 Å². The van der Waals surface area contributed by atoms with Gasteiger partial charge in [0.25, 0.3) is 0 Å². The SMILES string of the molecule is CN(C)C(=O)N1C[C@@H]2NS(=O)(=O)c3ccccc3N(C(=O)CC(C)(C)C)[C@@H]2C1. The molecule has 3 rings (SSSR count). The lowest BCUT2D eigenvalue weighted by Crippen LogP contribution is -2.51. The van der Waals surface area contributed by atoms with Crippen LogP contribution < -0.4 is 9.62 Å². The molecular weight excluding hydrogens is 380 g/mol. The van der Waals surface area contributed by atoms with E-state index in [1.165, 1.54) is 11.0 Å². The van der Waals surface area contributed by atoms with E-state index >= 15 is 0 Å². The Labute approximate surface area is 166 Å². The average molecular weight is 409 g/mol. The van der Waals surface area contributed by atoms with Crippen molar-refractivity contribution in [3.05, 3.63) is 24.3 Å². The summed E-state index contributed by atoms with van der Waals surface area (Å²) < 4.78 is 28.6. The molecule has 2 atom stereocenters. The number of nitrogens with zero attached hydrogens (tertiary/aromatic N) is 3. The van der Waals surface area contributed by atoms with Crippen molar-refractivity contribution < 1.29 is 18.0 Å². The van der Waals surface area contributed by atoms with Gasteiger partial charge in [0.1, 0.15) is 4.90 Å². The molecular formula is C19H28N4O4S. The minimum atomic E-state index is -3.81. The van der Waals surface area contributed by atoms with Crippen LogP contribution in [0.1, 0.15) is 27.2 Å². The molecule has 1 N–H and O–H groups in total. The molecule has 1 aromatic rings. The topological polar surface area (TPSA) is 90.0 Å². The second-order valence-electron chi connectivity index (χ2n) is 8.85. The Balaban J connectivity index is 2.09. The maximum atomic E-state index is 13.3. The zero-order chi connectivity index (χ0) is 20.9. The summed E-state index contributed by atoms with van der Waals surface area (Å²) in [4.78, 5) is 30.5. The van der Waals surface area contributed by atoms with Gasteiger partial charge in [-0.25, -0.2) is 17.9 Å². The fourth-order valence-electron chi connectivity index (χ4n) is 3.79. The van der Waals surface area contributed by atoms with Gasteiger partial charge in [0.05, 0.1) is 17.8 Å². The molecule has 0 bridgehead atoms. The molecule has 0 aromatic heterocycles. The van der Waals surface area contributed by atoms with Crippen molar-refractivity contribution in [2.24, 2.45) is 5.41 Å². The standard InChI is InChI=1S/C19H28N4O4S/c1-19(2,3)10-17(24)23-14-8-6-7-9-16(14)28(26,27)20-13-11-22(12-15(13)23)18(25)21(4)5/h6-9,13,15,20H,10-12H2,1-5H3/t13-,15+/m0/s1. The van der Waals surface area contributed by atoms with Crippen LogP contribution in [0.2, 0.25) is 0 Å². The van der Waals surface area contributed by atoms with Gasteiger partial charge in [0, 0.05) is 33.6 Å². The van der Waals surface area contributed by atoms with Crippen molar-refractivity contribution in [2.45, 2.75) is 44.2 Å². The van der Waals surface area contributed by atoms with Crippen molar-refractivity contribution in [1.82, 2.24) is 14.5 Å². The molecule has 9 heteroatoms. The Morgan fingerprint density at radius 3 is 2.43 bits per heavy atom. The van der Waals surface area contributed by atoms with E-state index in [2.05, 4.69) is 4.72 Å². The lowest BCUT2D eigenvalue weighted by Gasteiger charge is -2.32. The molecule has 2 heterocycles. The zero-order valence-corrected chi connectivity index (χ0v) is 17.8. The minimum Gasteiger partial charge on any atom is -0.331 e. The van der Waals surface area contributed by atoms with Crippen LogP contribution in [-0.2, 0) is 14.8 Å². The van der Waals surface area contributed by atoms with Crippen LogP contribution in [-0.4, -0.2) is 69.4 Å². The first kappa shape index (κ1) is 20.6. The van der Waals surface area contributed by atoms with E-state index in [1.807, 2.05) is 20.8 Å². The van der Waals surface area contributed by atoms with Crippen LogP contribution in [0.4, 0.5) is 10.5 Å². The number of hydrogen-bond donors (Lipinski definition) is 1. The molecule has 0 unspecified atom stereocenters. The predicted molar refractivity (Wildman–Crippen MR) is 107 cm³/mol. The monoisotopic (exact) mass is 408 g/mol. The predicted octanol–water partition coefficient (Wildman–Crippen LogP) is 1.48. The molecule has 0 radical (unpaired) electrons. The number of hydrogen-bond acceptors (Lipinski definition) is 4. The van der Waals surface area contributed by atoms with Crippen LogP contribution in [0.25, 0.3) is 0 Å². The Hall–Kier alpha value is -2.13. The van der Waals surface area contributed by atoms with Gasteiger partial charge in [-0.3, -0.25) is 4.79 Å². The summed E-state index contributed by atoms with van der Waals surface area (Å²) >= 11 is 0. The number of sulfonamides is 1. The highest BCUT2D eigenvalue weighted by molar-refractivity contribution is 7.89. The van der Waals surface area contributed by atoms with E-state index < -0.39 is 22.1 Å². The van der Waals surface area contributed by atoms with E-state index in [-0.39, 0.29) is 41.8 Å². The number of rotatable bonds is 1. The second kappa shape index (κ2) is 7.04. The van der Waals surface area contributed by atoms with Crippen LogP contribution in [0.15, 0.2) is 29.2 Å². The zero-order valence-electron chi connectivity index (χ0n) is 17.0. The number of carbonyl (C=O) groups excluding carboxylic acids is 2. The first-order chi connectivity index (χ1) is 12.9. The van der Waals surface area contributed by atoms with Crippen molar-refractivity contribution in [3.8, 4) is 0 Å². The van der Waals surface area contributed by atoms with Gasteiger partial charge < -0.3 is 14.7 Å². The Kier molecular flexibility index (Phi) is 5.18. The van der Waals surface area contributed by atoms with E-state index in [0.29, 0.717) is 5.69 Å². The summed E-state index contributed by atoms with van der Waals surface area (Å²) in [5, 5.41) is 0. The molecule has 2 aliphatic heterocycles. The highest BCUT2D eigenvalue weighted by atomic mass is 32.2. The molecule has 2 aliphatic rings. The number of urea groups is 1. The van der Waals surface area contributed by atoms with Gasteiger partial charge in [-0.2, -0.15) is 0 Å². The molecule has 154 valence electrons. The third-order valence-electron chi connectivity index (χ3n) is 4.94. The van der Waals surface area contributed by atoms with Gasteiger partial charge in [-0.05, 0) is 17.5 Å². The molecule has 1 aromatic carbocycles. The fraction of sp³-hybridized carbons (Fsp3) is 0.579. The van der Waals surface area contributed by atoms with Gasteiger partial charge in [0.2, 0.25) is 15.9 Å². The van der Waals surface area contributed by atoms with Gasteiger partial charge in [0.15, 0.2) is 0 Å². The summed E-state index contributed by atoms with van der Waals surface area (Å²) in [6.45, 7) is 6.40. The van der Waals surface area contributed by atoms with Crippen molar-refractivity contribution in [2.75, 3.05) is 32.1 Å². The van der Waals surface area contributed by atoms with Gasteiger partial charge >= 0.3 is 6.03 Å². The Morgan fingerprint density at radius 2 is 1.82 bits per heavy atom. The summed E-state index contributed by atoms with van der Waals surface area (Å²) in [5.74, 6) is -0.145. The van der Waals surface area contributed by atoms with Crippen LogP contribution in [0.5, 0.6) is 0 Å². The number of fused-ring (bicyclic) bond motifs is 2. The van der Waals surface area contributed by atoms with Gasteiger partial charge in [-0.1, -0.05) is 32.9 Å². The van der Waals surface area contributed by atoms with E-state index in [0.717, 1.165) is 0 Å². The maximum Gasteiger partial charge on any atom is 0.319 e. The number of amides is 3. The van der Waals surface area contributed by atoms with Crippen molar-refractivity contribution >= 4 is 27.6 Å². The highest BCUT2D eigenvalue weighted by Crippen LogP contribution is 2.35. The molecule has 8 nitrogen and oxygen atoms in total. The Bertz CT molecular complexity index is 891. The summed E-state index contributed by atoms with van der Waals surface area (Å²) in [6.07, 6.45) is 0.270. The highest BCUT2D eigenvalue weighted by Gasteiger charge is 2.47. The number of benzene rings is 1. The van der Waals surface area contributed by atoms with E-state index in [1.54, 1.807) is 42.1 Å². The first-order valence-corrected chi connectivity index (χ1v) is 10.8. The average Bonchev–Trinajstić information content (AvgIpc) is 2.92. The summed E-state index contributed by atoms with van der Waals surface area (Å²) in [6, 6.07) is 5.32.